The lowest BCUT2D eigenvalue weighted by Crippen LogP contribution is -2.51. The minimum Gasteiger partial charge on any atom is -0.371 e. The van der Waals surface area contributed by atoms with Gasteiger partial charge in [0.15, 0.2) is 6.10 Å². The van der Waals surface area contributed by atoms with Crippen molar-refractivity contribution in [1.82, 2.24) is 10.2 Å². The summed E-state index contributed by atoms with van der Waals surface area (Å²) in [6.45, 7) is 2.02. The Bertz CT molecular complexity index is 317. The van der Waals surface area contributed by atoms with Gasteiger partial charge in [0.2, 0.25) is 5.91 Å². The number of hydrogen-bond acceptors (Lipinski definition) is 4. The highest BCUT2D eigenvalue weighted by molar-refractivity contribution is 5.83. The molecule has 2 fully saturated rings. The van der Waals surface area contributed by atoms with Gasteiger partial charge in [0, 0.05) is 13.6 Å². The van der Waals surface area contributed by atoms with E-state index >= 15 is 0 Å². The fraction of sp³-hybridized carbons (Fsp3) is 0.833. The molecule has 0 aromatic carbocycles. The Morgan fingerprint density at radius 1 is 1.44 bits per heavy atom. The molecule has 0 aromatic heterocycles. The summed E-state index contributed by atoms with van der Waals surface area (Å²) in [7, 11) is 1.56. The molecule has 2 amide bonds. The minimum atomic E-state index is -0.559. The summed E-state index contributed by atoms with van der Waals surface area (Å²) in [6.07, 6.45) is 1.87. The number of ether oxygens (including phenoxy) is 2. The summed E-state index contributed by atoms with van der Waals surface area (Å²) in [6, 6.07) is 0. The van der Waals surface area contributed by atoms with E-state index in [2.05, 4.69) is 5.32 Å². The van der Waals surface area contributed by atoms with Crippen LogP contribution in [0.4, 0.5) is 0 Å². The van der Waals surface area contributed by atoms with Crippen LogP contribution in [0.1, 0.15) is 12.8 Å². The second-order valence-corrected chi connectivity index (χ2v) is 4.77. The molecule has 6 nitrogen and oxygen atoms in total. The summed E-state index contributed by atoms with van der Waals surface area (Å²) >= 11 is 0. The van der Waals surface area contributed by atoms with Crippen molar-refractivity contribution in [2.75, 3.05) is 40.0 Å². The van der Waals surface area contributed by atoms with E-state index in [0.29, 0.717) is 32.2 Å². The van der Waals surface area contributed by atoms with E-state index in [1.54, 1.807) is 11.9 Å². The van der Waals surface area contributed by atoms with Crippen molar-refractivity contribution in [3.63, 3.8) is 0 Å². The average Bonchev–Trinajstić information content (AvgIpc) is 3.22. The first kappa shape index (κ1) is 13.3. The first-order valence-electron chi connectivity index (χ1n) is 6.39. The van der Waals surface area contributed by atoms with Gasteiger partial charge in [0.05, 0.1) is 19.8 Å². The van der Waals surface area contributed by atoms with Crippen LogP contribution in [0, 0.1) is 5.92 Å². The largest absolute Gasteiger partial charge is 0.371 e. The molecule has 0 aromatic rings. The molecule has 2 rings (SSSR count). The second kappa shape index (κ2) is 6.15. The average molecular weight is 256 g/mol. The molecule has 1 atom stereocenters. The molecular formula is C12H20N2O4. The topological polar surface area (TPSA) is 67.9 Å². The Morgan fingerprint density at radius 2 is 2.22 bits per heavy atom. The maximum absolute atomic E-state index is 11.9. The molecule has 0 radical (unpaired) electrons. The van der Waals surface area contributed by atoms with E-state index in [1.165, 1.54) is 12.8 Å². The highest BCUT2D eigenvalue weighted by Gasteiger charge is 2.29. The van der Waals surface area contributed by atoms with Gasteiger partial charge in [-0.3, -0.25) is 9.59 Å². The number of hydrogen-bond donors (Lipinski definition) is 1. The van der Waals surface area contributed by atoms with Crippen LogP contribution < -0.4 is 5.32 Å². The predicted molar refractivity (Wildman–Crippen MR) is 63.9 cm³/mol. The van der Waals surface area contributed by atoms with Gasteiger partial charge < -0.3 is 19.7 Å². The van der Waals surface area contributed by atoms with Gasteiger partial charge in [-0.2, -0.15) is 0 Å². The molecule has 1 unspecified atom stereocenters. The molecule has 1 N–H and O–H groups in total. The summed E-state index contributed by atoms with van der Waals surface area (Å²) < 4.78 is 10.7. The number of carbonyl (C=O) groups excluding carboxylic acids is 2. The van der Waals surface area contributed by atoms with Crippen molar-refractivity contribution < 1.29 is 19.1 Å². The number of nitrogens with one attached hydrogen (secondary N) is 1. The predicted octanol–water partition coefficient (Wildman–Crippen LogP) is -0.614. The van der Waals surface area contributed by atoms with Crippen LogP contribution >= 0.6 is 0 Å². The Hall–Kier alpha value is -1.14. The third kappa shape index (κ3) is 3.68. The fourth-order valence-corrected chi connectivity index (χ4v) is 1.88. The maximum atomic E-state index is 11.9. The monoisotopic (exact) mass is 256 g/mol. The van der Waals surface area contributed by atoms with Crippen LogP contribution in [-0.2, 0) is 19.1 Å². The van der Waals surface area contributed by atoms with Gasteiger partial charge in [0.25, 0.3) is 5.91 Å². The number of carbonyl (C=O) groups is 2. The Kier molecular flexibility index (Phi) is 4.54. The molecular weight excluding hydrogens is 236 g/mol. The molecule has 1 aliphatic carbocycles. The van der Waals surface area contributed by atoms with Crippen molar-refractivity contribution in [1.29, 1.82) is 0 Å². The van der Waals surface area contributed by atoms with E-state index in [0.717, 1.165) is 0 Å². The number of nitrogens with zero attached hydrogens (tertiary/aromatic N) is 1. The fourth-order valence-electron chi connectivity index (χ4n) is 1.88. The molecule has 2 aliphatic rings. The number of likely N-dealkylation sites (N-methyl/N-ethyl adjacent to an activating group) is 1. The second-order valence-electron chi connectivity index (χ2n) is 4.77. The molecule has 6 heteroatoms. The Balaban J connectivity index is 1.72. The van der Waals surface area contributed by atoms with Crippen molar-refractivity contribution in [2.24, 2.45) is 5.92 Å². The van der Waals surface area contributed by atoms with Gasteiger partial charge in [-0.05, 0) is 18.8 Å². The molecule has 0 spiro atoms. The quantitative estimate of drug-likeness (QED) is 0.712. The van der Waals surface area contributed by atoms with Crippen molar-refractivity contribution in [3.8, 4) is 0 Å². The minimum absolute atomic E-state index is 0.0622. The van der Waals surface area contributed by atoms with Gasteiger partial charge >= 0.3 is 0 Å². The molecule has 1 saturated heterocycles. The third-order valence-corrected chi connectivity index (χ3v) is 3.23. The molecule has 1 heterocycles. The number of morpholine rings is 1. The zero-order chi connectivity index (χ0) is 13.0. The van der Waals surface area contributed by atoms with Crippen LogP contribution in [0.5, 0.6) is 0 Å². The molecule has 18 heavy (non-hydrogen) atoms. The van der Waals surface area contributed by atoms with E-state index in [4.69, 9.17) is 9.47 Å². The number of rotatable bonds is 5. The lowest BCUT2D eigenvalue weighted by Gasteiger charge is -2.31. The van der Waals surface area contributed by atoms with Crippen LogP contribution in [0.3, 0.4) is 0 Å². The summed E-state index contributed by atoms with van der Waals surface area (Å²) in [4.78, 5) is 24.9. The molecule has 1 saturated carbocycles. The Morgan fingerprint density at radius 3 is 2.89 bits per heavy atom. The van der Waals surface area contributed by atoms with Gasteiger partial charge in [0.1, 0.15) is 6.61 Å². The zero-order valence-corrected chi connectivity index (χ0v) is 10.7. The van der Waals surface area contributed by atoms with E-state index < -0.39 is 6.10 Å². The van der Waals surface area contributed by atoms with E-state index in [1.807, 2.05) is 0 Å². The summed E-state index contributed by atoms with van der Waals surface area (Å²) in [5.74, 6) is 0.403. The molecule has 0 bridgehead atoms. The van der Waals surface area contributed by atoms with Gasteiger partial charge in [-0.15, -0.1) is 0 Å². The highest BCUT2D eigenvalue weighted by atomic mass is 16.5. The van der Waals surface area contributed by atoms with Crippen LogP contribution in [0.2, 0.25) is 0 Å². The Labute approximate surface area is 107 Å². The van der Waals surface area contributed by atoms with Crippen molar-refractivity contribution in [2.45, 2.75) is 18.9 Å². The first-order valence-corrected chi connectivity index (χ1v) is 6.39. The molecule has 102 valence electrons. The van der Waals surface area contributed by atoms with Crippen LogP contribution in [-0.4, -0.2) is 62.8 Å². The van der Waals surface area contributed by atoms with E-state index in [9.17, 15) is 9.59 Å². The van der Waals surface area contributed by atoms with E-state index in [-0.39, 0.29) is 18.4 Å². The van der Waals surface area contributed by atoms with Crippen molar-refractivity contribution in [3.05, 3.63) is 0 Å². The van der Waals surface area contributed by atoms with Gasteiger partial charge in [-0.1, -0.05) is 0 Å². The zero-order valence-electron chi connectivity index (χ0n) is 10.7. The normalized spacial score (nSPS) is 23.8. The summed E-state index contributed by atoms with van der Waals surface area (Å²) in [5, 5.41) is 2.53. The van der Waals surface area contributed by atoms with Crippen LogP contribution in [0.15, 0.2) is 0 Å². The number of amides is 2. The van der Waals surface area contributed by atoms with Crippen LogP contribution in [0.25, 0.3) is 0 Å². The lowest BCUT2D eigenvalue weighted by molar-refractivity contribution is -0.149. The molecule has 1 aliphatic heterocycles. The van der Waals surface area contributed by atoms with Gasteiger partial charge in [-0.25, -0.2) is 0 Å². The maximum Gasteiger partial charge on any atom is 0.250 e. The SMILES string of the molecule is CNC(=O)C1CN(C(=O)COCC2CC2)CCO1. The standard InChI is InChI=1S/C12H20N2O4/c1-13-12(16)10-6-14(4-5-18-10)11(15)8-17-7-9-2-3-9/h9-10H,2-8H2,1H3,(H,13,16). The third-order valence-electron chi connectivity index (χ3n) is 3.23. The lowest BCUT2D eigenvalue weighted by atomic mass is 10.2. The van der Waals surface area contributed by atoms with Crippen molar-refractivity contribution >= 4 is 11.8 Å². The smallest absolute Gasteiger partial charge is 0.250 e. The summed E-state index contributed by atoms with van der Waals surface area (Å²) in [5.41, 5.74) is 0. The highest BCUT2D eigenvalue weighted by Crippen LogP contribution is 2.28. The first-order chi connectivity index (χ1) is 8.70.